The molecule has 1 aliphatic carbocycles. The Balaban J connectivity index is 1.64. The van der Waals surface area contributed by atoms with Gasteiger partial charge in [0.25, 0.3) is 11.8 Å². The Morgan fingerprint density at radius 2 is 1.78 bits per heavy atom. The molecule has 2 N–H and O–H groups in total. The second kappa shape index (κ2) is 3.53. The van der Waals surface area contributed by atoms with Gasteiger partial charge in [0.05, 0.1) is 12.1 Å². The summed E-state index contributed by atoms with van der Waals surface area (Å²) in [4.78, 5) is 25.8. The highest BCUT2D eigenvalue weighted by Gasteiger charge is 2.60. The maximum Gasteiger partial charge on any atom is 0.258 e. The standard InChI is InChI=1S/C12H16N2O4/c13-8-5-3-4-17-10(5)9(8)14-11(15)6-1-2-7(18-6)12(14)16/h5-10H,1-4,13H2. The number of nitrogens with two attached hydrogens (primary N) is 1. The first-order valence-electron chi connectivity index (χ1n) is 6.58. The molecule has 6 heteroatoms. The second-order valence-electron chi connectivity index (χ2n) is 5.59. The maximum absolute atomic E-state index is 12.2. The van der Waals surface area contributed by atoms with Crippen LogP contribution in [0.3, 0.4) is 0 Å². The van der Waals surface area contributed by atoms with Crippen molar-refractivity contribution < 1.29 is 19.1 Å². The van der Waals surface area contributed by atoms with E-state index in [2.05, 4.69) is 0 Å². The lowest BCUT2D eigenvalue weighted by molar-refractivity contribution is -0.183. The van der Waals surface area contributed by atoms with E-state index in [0.717, 1.165) is 6.42 Å². The van der Waals surface area contributed by atoms with E-state index in [4.69, 9.17) is 15.2 Å². The van der Waals surface area contributed by atoms with Crippen molar-refractivity contribution in [3.05, 3.63) is 0 Å². The molecule has 0 spiro atoms. The Kier molecular flexibility index (Phi) is 2.13. The number of amides is 2. The van der Waals surface area contributed by atoms with E-state index in [1.165, 1.54) is 4.90 Å². The second-order valence-corrected chi connectivity index (χ2v) is 5.59. The lowest BCUT2D eigenvalue weighted by Crippen LogP contribution is -2.73. The highest BCUT2D eigenvalue weighted by molar-refractivity contribution is 6.03. The first-order valence-corrected chi connectivity index (χ1v) is 6.58. The molecule has 6 unspecified atom stereocenters. The summed E-state index contributed by atoms with van der Waals surface area (Å²) in [5.41, 5.74) is 6.11. The van der Waals surface area contributed by atoms with Crippen molar-refractivity contribution in [3.63, 3.8) is 0 Å². The van der Waals surface area contributed by atoms with Gasteiger partial charge >= 0.3 is 0 Å². The molecule has 3 heterocycles. The van der Waals surface area contributed by atoms with Gasteiger partial charge in [-0.3, -0.25) is 14.5 Å². The van der Waals surface area contributed by atoms with Crippen LogP contribution in [0.25, 0.3) is 0 Å². The number of ether oxygens (including phenoxy) is 2. The molecule has 0 aromatic rings. The number of hydrogen-bond donors (Lipinski definition) is 1. The van der Waals surface area contributed by atoms with Crippen molar-refractivity contribution in [1.82, 2.24) is 4.90 Å². The van der Waals surface area contributed by atoms with Gasteiger partial charge in [0.1, 0.15) is 12.2 Å². The van der Waals surface area contributed by atoms with Crippen LogP contribution in [0, 0.1) is 5.92 Å². The van der Waals surface area contributed by atoms with E-state index in [1.807, 2.05) is 0 Å². The zero-order chi connectivity index (χ0) is 12.4. The van der Waals surface area contributed by atoms with Crippen molar-refractivity contribution in [1.29, 1.82) is 0 Å². The summed E-state index contributed by atoms with van der Waals surface area (Å²) in [6.07, 6.45) is 1.28. The van der Waals surface area contributed by atoms with Gasteiger partial charge in [-0.15, -0.1) is 0 Å². The van der Waals surface area contributed by atoms with Gasteiger partial charge in [-0.1, -0.05) is 0 Å². The molecular weight excluding hydrogens is 236 g/mol. The van der Waals surface area contributed by atoms with Crippen LogP contribution >= 0.6 is 0 Å². The number of fused-ring (bicyclic) bond motifs is 3. The van der Waals surface area contributed by atoms with Gasteiger partial charge in [0.15, 0.2) is 0 Å². The van der Waals surface area contributed by atoms with Gasteiger partial charge in [-0.25, -0.2) is 0 Å². The molecule has 2 bridgehead atoms. The molecular formula is C12H16N2O4. The van der Waals surface area contributed by atoms with Crippen LogP contribution in [0.1, 0.15) is 19.3 Å². The number of hydrogen-bond acceptors (Lipinski definition) is 5. The monoisotopic (exact) mass is 252 g/mol. The minimum atomic E-state index is -0.444. The van der Waals surface area contributed by atoms with Crippen LogP contribution in [0.4, 0.5) is 0 Å². The topological polar surface area (TPSA) is 81.9 Å². The summed E-state index contributed by atoms with van der Waals surface area (Å²) in [5, 5.41) is 0. The zero-order valence-corrected chi connectivity index (χ0v) is 9.95. The minimum absolute atomic E-state index is 0.0506. The Hall–Kier alpha value is -0.980. The molecule has 2 amide bonds. The third-order valence-electron chi connectivity index (χ3n) is 4.75. The van der Waals surface area contributed by atoms with E-state index >= 15 is 0 Å². The zero-order valence-electron chi connectivity index (χ0n) is 9.95. The van der Waals surface area contributed by atoms with Gasteiger partial charge in [0, 0.05) is 18.6 Å². The van der Waals surface area contributed by atoms with Gasteiger partial charge < -0.3 is 15.2 Å². The fourth-order valence-electron chi connectivity index (χ4n) is 3.75. The molecule has 3 aliphatic heterocycles. The largest absolute Gasteiger partial charge is 0.376 e. The smallest absolute Gasteiger partial charge is 0.258 e. The molecule has 18 heavy (non-hydrogen) atoms. The van der Waals surface area contributed by atoms with Gasteiger partial charge in [-0.2, -0.15) is 0 Å². The van der Waals surface area contributed by atoms with Crippen molar-refractivity contribution in [2.45, 2.75) is 49.7 Å². The molecule has 0 aromatic heterocycles. The van der Waals surface area contributed by atoms with Crippen LogP contribution in [-0.4, -0.2) is 53.7 Å². The predicted molar refractivity (Wildman–Crippen MR) is 59.4 cm³/mol. The van der Waals surface area contributed by atoms with E-state index in [9.17, 15) is 9.59 Å². The molecule has 6 atom stereocenters. The van der Waals surface area contributed by atoms with Crippen molar-refractivity contribution in [2.75, 3.05) is 6.61 Å². The Bertz CT molecular complexity index is 404. The number of morpholine rings is 1. The van der Waals surface area contributed by atoms with E-state index < -0.39 is 12.2 Å². The van der Waals surface area contributed by atoms with Crippen molar-refractivity contribution in [2.24, 2.45) is 11.7 Å². The van der Waals surface area contributed by atoms with E-state index in [0.29, 0.717) is 25.4 Å². The molecule has 98 valence electrons. The molecule has 3 saturated heterocycles. The molecule has 0 aromatic carbocycles. The number of carbonyl (C=O) groups excluding carboxylic acids is 2. The molecule has 6 nitrogen and oxygen atoms in total. The molecule has 0 radical (unpaired) electrons. The maximum atomic E-state index is 12.2. The molecule has 1 saturated carbocycles. The van der Waals surface area contributed by atoms with E-state index in [1.54, 1.807) is 0 Å². The van der Waals surface area contributed by atoms with Gasteiger partial charge in [0.2, 0.25) is 0 Å². The molecule has 4 fully saturated rings. The van der Waals surface area contributed by atoms with E-state index in [-0.39, 0.29) is 30.0 Å². The van der Waals surface area contributed by atoms with Crippen LogP contribution < -0.4 is 5.73 Å². The fourth-order valence-corrected chi connectivity index (χ4v) is 3.75. The van der Waals surface area contributed by atoms with Crippen molar-refractivity contribution in [3.8, 4) is 0 Å². The number of rotatable bonds is 1. The number of imide groups is 1. The van der Waals surface area contributed by atoms with Crippen LogP contribution in [0.15, 0.2) is 0 Å². The third-order valence-corrected chi connectivity index (χ3v) is 4.75. The van der Waals surface area contributed by atoms with Crippen LogP contribution in [-0.2, 0) is 19.1 Å². The first-order chi connectivity index (χ1) is 8.68. The lowest BCUT2D eigenvalue weighted by Gasteiger charge is -2.51. The number of carbonyl (C=O) groups is 2. The lowest BCUT2D eigenvalue weighted by atomic mass is 9.71. The van der Waals surface area contributed by atoms with Gasteiger partial charge in [-0.05, 0) is 19.3 Å². The first kappa shape index (κ1) is 10.9. The summed E-state index contributed by atoms with van der Waals surface area (Å²) in [6, 6.07) is -0.410. The average molecular weight is 252 g/mol. The van der Waals surface area contributed by atoms with Crippen molar-refractivity contribution >= 4 is 11.8 Å². The summed E-state index contributed by atoms with van der Waals surface area (Å²) < 4.78 is 11.0. The summed E-state index contributed by atoms with van der Waals surface area (Å²) >= 11 is 0. The molecule has 4 aliphatic rings. The molecule has 4 rings (SSSR count). The highest BCUT2D eigenvalue weighted by Crippen LogP contribution is 2.43. The average Bonchev–Trinajstić information content (AvgIpc) is 2.97. The highest BCUT2D eigenvalue weighted by atomic mass is 16.5. The SMILES string of the molecule is NC1C2CCOC2C1N1C(=O)C2CCC(O2)C1=O. The normalized spacial score (nSPS) is 50.4. The minimum Gasteiger partial charge on any atom is -0.376 e. The Morgan fingerprint density at radius 1 is 1.11 bits per heavy atom. The Labute approximate surface area is 104 Å². The third kappa shape index (κ3) is 1.18. The summed E-state index contributed by atoms with van der Waals surface area (Å²) in [5.74, 6) is -0.137. The number of likely N-dealkylation sites (tertiary alicyclic amines) is 1. The predicted octanol–water partition coefficient (Wildman–Crippen LogP) is -0.983. The summed E-state index contributed by atoms with van der Waals surface area (Å²) in [7, 11) is 0. The summed E-state index contributed by atoms with van der Waals surface area (Å²) in [6.45, 7) is 0.680. The van der Waals surface area contributed by atoms with Crippen LogP contribution in [0.2, 0.25) is 0 Å². The quantitative estimate of drug-likeness (QED) is 0.606. The number of nitrogens with zero attached hydrogens (tertiary/aromatic N) is 1. The fraction of sp³-hybridized carbons (Fsp3) is 0.833. The Morgan fingerprint density at radius 3 is 2.44 bits per heavy atom. The van der Waals surface area contributed by atoms with Crippen LogP contribution in [0.5, 0.6) is 0 Å².